The number of nitrogens with zero attached hydrogens (tertiary/aromatic N) is 4. The zero-order valence-corrected chi connectivity index (χ0v) is 14.5. The fraction of sp³-hybridized carbons (Fsp3) is 0.765. The van der Waals surface area contributed by atoms with E-state index in [0.29, 0.717) is 31.3 Å². The van der Waals surface area contributed by atoms with E-state index in [0.717, 1.165) is 44.7 Å². The lowest BCUT2D eigenvalue weighted by Gasteiger charge is -2.38. The quantitative estimate of drug-likeness (QED) is 0.873. The molecule has 25 heavy (non-hydrogen) atoms. The minimum Gasteiger partial charge on any atom is -0.480 e. The van der Waals surface area contributed by atoms with E-state index in [4.69, 9.17) is 4.42 Å². The normalized spacial score (nSPS) is 26.3. The summed E-state index contributed by atoms with van der Waals surface area (Å²) in [6.45, 7) is 4.38. The van der Waals surface area contributed by atoms with Crippen LogP contribution in [-0.2, 0) is 16.1 Å². The van der Waals surface area contributed by atoms with Crippen LogP contribution in [-0.4, -0.2) is 62.7 Å². The predicted octanol–water partition coefficient (Wildman–Crippen LogP) is 1.23. The number of carbonyl (C=O) groups is 2. The molecule has 1 aromatic heterocycles. The number of rotatable bonds is 4. The Morgan fingerprint density at radius 2 is 2.00 bits per heavy atom. The first-order valence-electron chi connectivity index (χ1n) is 9.00. The Hall–Kier alpha value is -1.96. The van der Waals surface area contributed by atoms with Crippen molar-refractivity contribution in [2.24, 2.45) is 5.41 Å². The van der Waals surface area contributed by atoms with Crippen molar-refractivity contribution >= 4 is 11.9 Å². The van der Waals surface area contributed by atoms with Crippen molar-refractivity contribution in [3.8, 4) is 0 Å². The van der Waals surface area contributed by atoms with Crippen LogP contribution in [0.25, 0.3) is 0 Å². The summed E-state index contributed by atoms with van der Waals surface area (Å²) in [5, 5.41) is 17.7. The molecule has 3 heterocycles. The summed E-state index contributed by atoms with van der Waals surface area (Å²) in [6, 6.07) is -0.680. The molecule has 1 atom stereocenters. The first-order valence-corrected chi connectivity index (χ1v) is 9.00. The molecule has 1 saturated carbocycles. The van der Waals surface area contributed by atoms with E-state index in [2.05, 4.69) is 15.1 Å². The van der Waals surface area contributed by atoms with Crippen LogP contribution in [0.1, 0.15) is 56.7 Å². The number of hydrogen-bond acceptors (Lipinski definition) is 6. The maximum atomic E-state index is 11.8. The maximum absolute atomic E-state index is 11.8. The molecule has 8 nitrogen and oxygen atoms in total. The van der Waals surface area contributed by atoms with Crippen molar-refractivity contribution in [3.05, 3.63) is 11.8 Å². The summed E-state index contributed by atoms with van der Waals surface area (Å²) in [6.07, 6.45) is 4.63. The van der Waals surface area contributed by atoms with Gasteiger partial charge in [0, 0.05) is 19.4 Å². The van der Waals surface area contributed by atoms with E-state index >= 15 is 0 Å². The SMILES string of the molecule is CC(=O)N1CC2(CCN(Cc3nnc(C4CC4)o3)CC2)CC1C(=O)O. The van der Waals surface area contributed by atoms with Gasteiger partial charge in [-0.15, -0.1) is 10.2 Å². The molecule has 1 spiro atoms. The van der Waals surface area contributed by atoms with Gasteiger partial charge in [0.25, 0.3) is 0 Å². The molecular formula is C17H24N4O4. The molecule has 0 aromatic carbocycles. The van der Waals surface area contributed by atoms with Crippen LogP contribution in [0.2, 0.25) is 0 Å². The molecule has 0 bridgehead atoms. The van der Waals surface area contributed by atoms with Crippen molar-refractivity contribution in [3.63, 3.8) is 0 Å². The maximum Gasteiger partial charge on any atom is 0.326 e. The monoisotopic (exact) mass is 348 g/mol. The predicted molar refractivity (Wildman–Crippen MR) is 86.6 cm³/mol. The van der Waals surface area contributed by atoms with E-state index in [1.54, 1.807) is 0 Å². The zero-order valence-electron chi connectivity index (χ0n) is 14.5. The molecule has 136 valence electrons. The highest BCUT2D eigenvalue weighted by Crippen LogP contribution is 2.44. The lowest BCUT2D eigenvalue weighted by atomic mass is 9.76. The van der Waals surface area contributed by atoms with Crippen LogP contribution in [0.3, 0.4) is 0 Å². The van der Waals surface area contributed by atoms with E-state index in [-0.39, 0.29) is 11.3 Å². The molecule has 1 aliphatic carbocycles. The fourth-order valence-electron chi connectivity index (χ4n) is 4.17. The van der Waals surface area contributed by atoms with E-state index in [1.807, 2.05) is 0 Å². The van der Waals surface area contributed by atoms with Crippen LogP contribution >= 0.6 is 0 Å². The van der Waals surface area contributed by atoms with E-state index in [1.165, 1.54) is 11.8 Å². The van der Waals surface area contributed by atoms with Crippen LogP contribution in [0.5, 0.6) is 0 Å². The summed E-state index contributed by atoms with van der Waals surface area (Å²) in [7, 11) is 0. The number of amides is 1. The third-order valence-corrected chi connectivity index (χ3v) is 5.88. The van der Waals surface area contributed by atoms with E-state index < -0.39 is 12.0 Å². The Morgan fingerprint density at radius 1 is 1.28 bits per heavy atom. The van der Waals surface area contributed by atoms with Crippen molar-refractivity contribution in [1.82, 2.24) is 20.0 Å². The van der Waals surface area contributed by atoms with Gasteiger partial charge in [-0.05, 0) is 50.6 Å². The Morgan fingerprint density at radius 3 is 2.56 bits per heavy atom. The van der Waals surface area contributed by atoms with Crippen molar-refractivity contribution in [1.29, 1.82) is 0 Å². The highest BCUT2D eigenvalue weighted by atomic mass is 16.4. The van der Waals surface area contributed by atoms with Gasteiger partial charge in [0.1, 0.15) is 6.04 Å². The zero-order chi connectivity index (χ0) is 17.6. The minimum atomic E-state index is -0.895. The Balaban J connectivity index is 1.35. The highest BCUT2D eigenvalue weighted by Gasteiger charge is 2.49. The van der Waals surface area contributed by atoms with Gasteiger partial charge in [-0.1, -0.05) is 0 Å². The van der Waals surface area contributed by atoms with E-state index in [9.17, 15) is 14.7 Å². The number of likely N-dealkylation sites (tertiary alicyclic amines) is 2. The van der Waals surface area contributed by atoms with Gasteiger partial charge in [-0.3, -0.25) is 9.69 Å². The molecule has 0 radical (unpaired) electrons. The molecular weight excluding hydrogens is 324 g/mol. The Labute approximate surface area is 146 Å². The second-order valence-electron chi connectivity index (χ2n) is 7.79. The molecule has 2 saturated heterocycles. The highest BCUT2D eigenvalue weighted by molar-refractivity contribution is 5.83. The van der Waals surface area contributed by atoms with Gasteiger partial charge in [0.05, 0.1) is 6.54 Å². The van der Waals surface area contributed by atoms with Gasteiger partial charge < -0.3 is 14.4 Å². The number of aliphatic carboxylic acids is 1. The largest absolute Gasteiger partial charge is 0.480 e. The molecule has 1 N–H and O–H groups in total. The average molecular weight is 348 g/mol. The minimum absolute atomic E-state index is 0.0702. The fourth-order valence-corrected chi connectivity index (χ4v) is 4.17. The second kappa shape index (κ2) is 6.09. The van der Waals surface area contributed by atoms with Gasteiger partial charge in [-0.2, -0.15) is 0 Å². The van der Waals surface area contributed by atoms with Crippen LogP contribution in [0.4, 0.5) is 0 Å². The van der Waals surface area contributed by atoms with Crippen LogP contribution in [0, 0.1) is 5.41 Å². The molecule has 3 fully saturated rings. The number of hydrogen-bond donors (Lipinski definition) is 1. The smallest absolute Gasteiger partial charge is 0.326 e. The first kappa shape index (κ1) is 16.5. The van der Waals surface area contributed by atoms with Crippen LogP contribution < -0.4 is 0 Å². The lowest BCUT2D eigenvalue weighted by molar-refractivity contribution is -0.147. The standard InChI is InChI=1S/C17H24N4O4/c1-11(22)21-10-17(8-13(21)16(23)24)4-6-20(7-5-17)9-14-18-19-15(25-14)12-2-3-12/h12-13H,2-10H2,1H3,(H,23,24). The third-order valence-electron chi connectivity index (χ3n) is 5.88. The molecule has 1 unspecified atom stereocenters. The summed E-state index contributed by atoms with van der Waals surface area (Å²) in [4.78, 5) is 27.1. The molecule has 2 aliphatic heterocycles. The summed E-state index contributed by atoms with van der Waals surface area (Å²) >= 11 is 0. The topological polar surface area (TPSA) is 99.8 Å². The van der Waals surface area contributed by atoms with Crippen molar-refractivity contribution in [2.75, 3.05) is 19.6 Å². The summed E-state index contributed by atoms with van der Waals surface area (Å²) < 4.78 is 5.73. The van der Waals surface area contributed by atoms with Gasteiger partial charge in [0.15, 0.2) is 0 Å². The second-order valence-corrected chi connectivity index (χ2v) is 7.79. The van der Waals surface area contributed by atoms with Gasteiger partial charge in [-0.25, -0.2) is 4.79 Å². The summed E-state index contributed by atoms with van der Waals surface area (Å²) in [5.41, 5.74) is -0.0702. The first-order chi connectivity index (χ1) is 12.0. The Bertz CT molecular complexity index is 652. The van der Waals surface area contributed by atoms with Crippen molar-refractivity contribution in [2.45, 2.75) is 57.5 Å². The van der Waals surface area contributed by atoms with Gasteiger partial charge >= 0.3 is 5.97 Å². The third kappa shape index (κ3) is 3.27. The number of carbonyl (C=O) groups excluding carboxylic acids is 1. The summed E-state index contributed by atoms with van der Waals surface area (Å²) in [5.74, 6) is 0.853. The number of aromatic nitrogens is 2. The Kier molecular flexibility index (Phi) is 4.02. The molecule has 4 rings (SSSR count). The molecule has 1 aromatic rings. The number of carboxylic acids is 1. The molecule has 3 aliphatic rings. The lowest BCUT2D eigenvalue weighted by Crippen LogP contribution is -2.42. The van der Waals surface area contributed by atoms with Crippen LogP contribution in [0.15, 0.2) is 4.42 Å². The number of carboxylic acid groups (broad SMARTS) is 1. The average Bonchev–Trinajstić information content (AvgIpc) is 3.20. The van der Waals surface area contributed by atoms with Crippen molar-refractivity contribution < 1.29 is 19.1 Å². The molecule has 8 heteroatoms. The molecule has 1 amide bonds. The number of piperidine rings is 1. The van der Waals surface area contributed by atoms with Gasteiger partial charge in [0.2, 0.25) is 17.7 Å².